The third-order valence-electron chi connectivity index (χ3n) is 2.42. The molecule has 3 nitrogen and oxygen atoms in total. The maximum Gasteiger partial charge on any atom is 0.319 e. The second-order valence-electron chi connectivity index (χ2n) is 3.63. The van der Waals surface area contributed by atoms with Crippen LogP contribution in [0.4, 0.5) is 0 Å². The molecule has 0 spiro atoms. The molecule has 0 aliphatic heterocycles. The lowest BCUT2D eigenvalue weighted by Gasteiger charge is -2.19. The van der Waals surface area contributed by atoms with Gasteiger partial charge in [0.2, 0.25) is 0 Å². The van der Waals surface area contributed by atoms with Crippen molar-refractivity contribution in [2.75, 3.05) is 20.2 Å². The Morgan fingerprint density at radius 2 is 2.06 bits per heavy atom. The highest BCUT2D eigenvalue weighted by Crippen LogP contribution is 2.23. The Hall–Kier alpha value is -0.770. The van der Waals surface area contributed by atoms with Crippen molar-refractivity contribution in [2.24, 2.45) is 0 Å². The molecule has 0 saturated heterocycles. The van der Waals surface area contributed by atoms with Gasteiger partial charge in [-0.15, -0.1) is 0 Å². The molecule has 5 heteroatoms. The third kappa shape index (κ3) is 4.54. The maximum absolute atomic E-state index is 11.2. The first kappa shape index (κ1) is 14.3. The number of hydrogen-bond acceptors (Lipinski definition) is 3. The number of methoxy groups -OCH3 is 1. The molecule has 0 heterocycles. The van der Waals surface area contributed by atoms with Gasteiger partial charge in [0.15, 0.2) is 0 Å². The van der Waals surface area contributed by atoms with Crippen LogP contribution in [-0.2, 0) is 16.1 Å². The molecule has 17 heavy (non-hydrogen) atoms. The number of ether oxygens (including phenoxy) is 1. The van der Waals surface area contributed by atoms with E-state index in [0.29, 0.717) is 16.6 Å². The fourth-order valence-electron chi connectivity index (χ4n) is 1.42. The lowest BCUT2D eigenvalue weighted by molar-refractivity contribution is -0.142. The van der Waals surface area contributed by atoms with Crippen LogP contribution in [0.2, 0.25) is 10.0 Å². The van der Waals surface area contributed by atoms with E-state index in [2.05, 4.69) is 4.74 Å². The quantitative estimate of drug-likeness (QED) is 0.774. The number of nitrogens with zero attached hydrogens (tertiary/aromatic N) is 1. The summed E-state index contributed by atoms with van der Waals surface area (Å²) >= 11 is 11.8. The fourth-order valence-corrected chi connectivity index (χ4v) is 1.74. The van der Waals surface area contributed by atoms with Gasteiger partial charge in [-0.1, -0.05) is 36.2 Å². The molecular weight excluding hydrogens is 261 g/mol. The summed E-state index contributed by atoms with van der Waals surface area (Å²) in [6.07, 6.45) is 0. The van der Waals surface area contributed by atoms with Crippen LogP contribution in [-0.4, -0.2) is 31.1 Å². The van der Waals surface area contributed by atoms with Gasteiger partial charge < -0.3 is 4.74 Å². The topological polar surface area (TPSA) is 29.5 Å². The van der Waals surface area contributed by atoms with Crippen LogP contribution in [0.5, 0.6) is 0 Å². The van der Waals surface area contributed by atoms with E-state index in [9.17, 15) is 4.79 Å². The van der Waals surface area contributed by atoms with Crippen molar-refractivity contribution in [1.29, 1.82) is 0 Å². The van der Waals surface area contributed by atoms with Crippen molar-refractivity contribution in [2.45, 2.75) is 13.5 Å². The average molecular weight is 276 g/mol. The van der Waals surface area contributed by atoms with E-state index in [1.165, 1.54) is 7.11 Å². The van der Waals surface area contributed by atoms with Crippen molar-refractivity contribution in [3.8, 4) is 0 Å². The predicted molar refractivity (Wildman–Crippen MR) is 69.4 cm³/mol. The van der Waals surface area contributed by atoms with Crippen molar-refractivity contribution >= 4 is 29.2 Å². The average Bonchev–Trinajstić information content (AvgIpc) is 2.32. The van der Waals surface area contributed by atoms with Gasteiger partial charge in [-0.2, -0.15) is 0 Å². The molecule has 0 atom stereocenters. The molecule has 0 unspecified atom stereocenters. The van der Waals surface area contributed by atoms with Crippen LogP contribution < -0.4 is 0 Å². The lowest BCUT2D eigenvalue weighted by atomic mass is 10.2. The third-order valence-corrected chi connectivity index (χ3v) is 3.16. The molecule has 94 valence electrons. The van der Waals surface area contributed by atoms with Gasteiger partial charge in [-0.05, 0) is 24.2 Å². The number of halogens is 2. The van der Waals surface area contributed by atoms with Gasteiger partial charge in [0, 0.05) is 6.54 Å². The maximum atomic E-state index is 11.2. The standard InChI is InChI=1S/C12H15Cl2NO2/c1-3-15(8-12(16)17-2)7-9-4-5-10(13)11(14)6-9/h4-6H,3,7-8H2,1-2H3. The second kappa shape index (κ2) is 6.84. The highest BCUT2D eigenvalue weighted by Gasteiger charge is 2.10. The zero-order valence-electron chi connectivity index (χ0n) is 9.87. The van der Waals surface area contributed by atoms with Gasteiger partial charge in [0.05, 0.1) is 23.7 Å². The Morgan fingerprint density at radius 3 is 2.59 bits per heavy atom. The molecule has 1 aromatic rings. The van der Waals surface area contributed by atoms with Crippen LogP contribution in [0.15, 0.2) is 18.2 Å². The Labute approximate surface area is 111 Å². The number of esters is 1. The summed E-state index contributed by atoms with van der Waals surface area (Å²) < 4.78 is 4.64. The molecule has 0 amide bonds. The minimum absolute atomic E-state index is 0.244. The zero-order valence-corrected chi connectivity index (χ0v) is 11.4. The highest BCUT2D eigenvalue weighted by atomic mass is 35.5. The van der Waals surface area contributed by atoms with Gasteiger partial charge in [-0.3, -0.25) is 9.69 Å². The van der Waals surface area contributed by atoms with Crippen molar-refractivity contribution in [3.63, 3.8) is 0 Å². The lowest BCUT2D eigenvalue weighted by Crippen LogP contribution is -2.29. The Bertz CT molecular complexity index is 396. The molecule has 0 aliphatic rings. The minimum atomic E-state index is -0.244. The van der Waals surface area contributed by atoms with E-state index in [-0.39, 0.29) is 12.5 Å². The van der Waals surface area contributed by atoms with E-state index >= 15 is 0 Å². The van der Waals surface area contributed by atoms with E-state index in [0.717, 1.165) is 12.1 Å². The molecule has 0 fully saturated rings. The first-order chi connectivity index (χ1) is 8.06. The molecule has 1 rings (SSSR count). The zero-order chi connectivity index (χ0) is 12.8. The van der Waals surface area contributed by atoms with Crippen molar-refractivity contribution in [3.05, 3.63) is 33.8 Å². The van der Waals surface area contributed by atoms with Crippen LogP contribution in [0, 0.1) is 0 Å². The molecule has 0 aromatic heterocycles. The molecule has 0 N–H and O–H groups in total. The molecule has 0 saturated carbocycles. The van der Waals surface area contributed by atoms with Gasteiger partial charge in [-0.25, -0.2) is 0 Å². The molecule has 0 bridgehead atoms. The van der Waals surface area contributed by atoms with Crippen LogP contribution in [0.1, 0.15) is 12.5 Å². The molecule has 0 radical (unpaired) electrons. The Balaban J connectivity index is 2.67. The van der Waals surface area contributed by atoms with E-state index in [1.807, 2.05) is 24.0 Å². The van der Waals surface area contributed by atoms with Gasteiger partial charge >= 0.3 is 5.97 Å². The smallest absolute Gasteiger partial charge is 0.319 e. The second-order valence-corrected chi connectivity index (χ2v) is 4.44. The van der Waals surface area contributed by atoms with E-state index < -0.39 is 0 Å². The first-order valence-corrected chi connectivity index (χ1v) is 6.05. The van der Waals surface area contributed by atoms with Crippen LogP contribution in [0.3, 0.4) is 0 Å². The summed E-state index contributed by atoms with van der Waals surface area (Å²) in [7, 11) is 1.38. The largest absolute Gasteiger partial charge is 0.468 e. The van der Waals surface area contributed by atoms with Crippen LogP contribution in [0.25, 0.3) is 0 Å². The number of rotatable bonds is 5. The predicted octanol–water partition coefficient (Wildman–Crippen LogP) is 2.99. The number of hydrogen-bond donors (Lipinski definition) is 0. The summed E-state index contributed by atoms with van der Waals surface area (Å²) in [5.74, 6) is -0.244. The Morgan fingerprint density at radius 1 is 1.35 bits per heavy atom. The van der Waals surface area contributed by atoms with E-state index in [4.69, 9.17) is 23.2 Å². The van der Waals surface area contributed by atoms with E-state index in [1.54, 1.807) is 6.07 Å². The monoisotopic (exact) mass is 275 g/mol. The first-order valence-electron chi connectivity index (χ1n) is 5.30. The highest BCUT2D eigenvalue weighted by molar-refractivity contribution is 6.42. The SMILES string of the molecule is CCN(CC(=O)OC)Cc1ccc(Cl)c(Cl)c1. The van der Waals surface area contributed by atoms with Gasteiger partial charge in [0.1, 0.15) is 0 Å². The number of carbonyl (C=O) groups is 1. The fraction of sp³-hybridized carbons (Fsp3) is 0.417. The van der Waals surface area contributed by atoms with Crippen molar-refractivity contribution in [1.82, 2.24) is 4.90 Å². The summed E-state index contributed by atoms with van der Waals surface area (Å²) in [5.41, 5.74) is 1.02. The van der Waals surface area contributed by atoms with Crippen molar-refractivity contribution < 1.29 is 9.53 Å². The minimum Gasteiger partial charge on any atom is -0.468 e. The number of benzene rings is 1. The summed E-state index contributed by atoms with van der Waals surface area (Å²) in [6, 6.07) is 5.46. The number of carbonyl (C=O) groups excluding carboxylic acids is 1. The number of likely N-dealkylation sites (N-methyl/N-ethyl adjacent to an activating group) is 1. The Kier molecular flexibility index (Phi) is 5.75. The summed E-state index contributed by atoms with van der Waals surface area (Å²) in [5, 5.41) is 1.06. The molecular formula is C12H15Cl2NO2. The normalized spacial score (nSPS) is 10.6. The molecule has 0 aliphatic carbocycles. The molecule has 1 aromatic carbocycles. The van der Waals surface area contributed by atoms with Gasteiger partial charge in [0.25, 0.3) is 0 Å². The van der Waals surface area contributed by atoms with Crippen LogP contribution >= 0.6 is 23.2 Å². The summed E-state index contributed by atoms with van der Waals surface area (Å²) in [4.78, 5) is 13.1. The summed E-state index contributed by atoms with van der Waals surface area (Å²) in [6.45, 7) is 3.66.